The second-order valence-electron chi connectivity index (χ2n) is 4.44. The Morgan fingerprint density at radius 1 is 1.58 bits per heavy atom. The van der Waals surface area contributed by atoms with Crippen LogP contribution in [0.4, 0.5) is 4.39 Å². The average Bonchev–Trinajstić information content (AvgIpc) is 2.38. The van der Waals surface area contributed by atoms with Crippen molar-refractivity contribution in [2.45, 2.75) is 50.2 Å². The van der Waals surface area contributed by atoms with E-state index >= 15 is 0 Å². The molecule has 112 valence electrons. The predicted octanol–water partition coefficient (Wildman–Crippen LogP) is -1.70. The molecule has 7 nitrogen and oxygen atoms in total. The van der Waals surface area contributed by atoms with Gasteiger partial charge in [-0.2, -0.15) is 0 Å². The van der Waals surface area contributed by atoms with E-state index in [-0.39, 0.29) is 13.0 Å². The van der Waals surface area contributed by atoms with Crippen LogP contribution >= 0.6 is 0 Å². The first kappa shape index (κ1) is 16.3. The maximum atomic E-state index is 13.7. The highest BCUT2D eigenvalue weighted by atomic mass is 19.1. The zero-order valence-electron chi connectivity index (χ0n) is 10.8. The van der Waals surface area contributed by atoms with Crippen LogP contribution in [0.1, 0.15) is 13.3 Å². The van der Waals surface area contributed by atoms with Gasteiger partial charge in [-0.1, -0.05) is 0 Å². The molecule has 1 saturated heterocycles. The first-order chi connectivity index (χ1) is 8.92. The second-order valence-corrected chi connectivity index (χ2v) is 4.44. The van der Waals surface area contributed by atoms with E-state index in [1.807, 2.05) is 0 Å². The maximum absolute atomic E-state index is 13.7. The summed E-state index contributed by atoms with van der Waals surface area (Å²) in [6.07, 6.45) is -6.73. The summed E-state index contributed by atoms with van der Waals surface area (Å²) in [7, 11) is 1.25. The molecule has 1 aliphatic rings. The van der Waals surface area contributed by atoms with Crippen molar-refractivity contribution < 1.29 is 34.0 Å². The zero-order chi connectivity index (χ0) is 14.6. The number of rotatable bonds is 5. The summed E-state index contributed by atoms with van der Waals surface area (Å²) in [6.45, 7) is 1.19. The number of carbonyl (C=O) groups is 1. The van der Waals surface area contributed by atoms with Crippen LogP contribution in [0.5, 0.6) is 0 Å². The van der Waals surface area contributed by atoms with E-state index < -0.39 is 42.7 Å². The molecule has 4 N–H and O–H groups in total. The standard InChI is InChI=1S/C11H20FNO6/c1-5-8(13-10(17)6(15)3-4-14)9(16)7(12)11(18-2)19-5/h5-9,11,14-16H,3-4H2,1-2H3,(H,13,17)/t5-,6+,7+,8-,9-,11+/m1/s1. The number of alkyl halides is 1. The number of hydrogen-bond acceptors (Lipinski definition) is 6. The average molecular weight is 281 g/mol. The van der Waals surface area contributed by atoms with Crippen LogP contribution < -0.4 is 5.32 Å². The lowest BCUT2D eigenvalue weighted by molar-refractivity contribution is -0.246. The van der Waals surface area contributed by atoms with Gasteiger partial charge in [0.2, 0.25) is 5.91 Å². The molecule has 0 aromatic carbocycles. The molecule has 0 spiro atoms. The molecule has 0 bridgehead atoms. The number of aliphatic hydroxyl groups excluding tert-OH is 3. The highest BCUT2D eigenvalue weighted by Crippen LogP contribution is 2.23. The second kappa shape index (κ2) is 7.11. The first-order valence-electron chi connectivity index (χ1n) is 6.02. The van der Waals surface area contributed by atoms with Gasteiger partial charge in [-0.15, -0.1) is 0 Å². The minimum absolute atomic E-state index is 0.135. The Kier molecular flexibility index (Phi) is 6.08. The summed E-state index contributed by atoms with van der Waals surface area (Å²) < 4.78 is 23.6. The van der Waals surface area contributed by atoms with Crippen LogP contribution in [0.15, 0.2) is 0 Å². The summed E-state index contributed by atoms with van der Waals surface area (Å²) in [5, 5.41) is 30.1. The molecule has 8 heteroatoms. The minimum atomic E-state index is -1.80. The Labute approximate surface area is 110 Å². The number of aliphatic hydroxyl groups is 3. The molecule has 1 heterocycles. The topological polar surface area (TPSA) is 108 Å². The number of nitrogens with one attached hydrogen (secondary N) is 1. The molecule has 0 aromatic heterocycles. The summed E-state index contributed by atoms with van der Waals surface area (Å²) in [6, 6.07) is -0.998. The van der Waals surface area contributed by atoms with Crippen LogP contribution in [-0.4, -0.2) is 71.8 Å². The van der Waals surface area contributed by atoms with Gasteiger partial charge in [0, 0.05) is 20.1 Å². The predicted molar refractivity (Wildman–Crippen MR) is 61.9 cm³/mol. The van der Waals surface area contributed by atoms with Crippen molar-refractivity contribution in [3.63, 3.8) is 0 Å². The van der Waals surface area contributed by atoms with Gasteiger partial charge >= 0.3 is 0 Å². The summed E-state index contributed by atoms with van der Waals surface area (Å²) in [5.74, 6) is -0.795. The Balaban J connectivity index is 2.64. The molecule has 1 rings (SSSR count). The van der Waals surface area contributed by atoms with Crippen molar-refractivity contribution in [1.29, 1.82) is 0 Å². The van der Waals surface area contributed by atoms with E-state index in [2.05, 4.69) is 5.32 Å². The smallest absolute Gasteiger partial charge is 0.249 e. The molecule has 0 aliphatic carbocycles. The monoisotopic (exact) mass is 281 g/mol. The van der Waals surface area contributed by atoms with Crippen LogP contribution in [0.2, 0.25) is 0 Å². The van der Waals surface area contributed by atoms with Crippen molar-refractivity contribution in [2.24, 2.45) is 0 Å². The lowest BCUT2D eigenvalue weighted by Crippen LogP contribution is -2.62. The number of halogens is 1. The van der Waals surface area contributed by atoms with Gasteiger partial charge in [0.25, 0.3) is 0 Å². The molecular formula is C11H20FNO6. The van der Waals surface area contributed by atoms with Gasteiger partial charge in [0.1, 0.15) is 12.2 Å². The van der Waals surface area contributed by atoms with E-state index in [1.54, 1.807) is 6.92 Å². The third kappa shape index (κ3) is 3.83. The lowest BCUT2D eigenvalue weighted by Gasteiger charge is -2.40. The Morgan fingerprint density at radius 2 is 2.21 bits per heavy atom. The van der Waals surface area contributed by atoms with Crippen molar-refractivity contribution in [2.75, 3.05) is 13.7 Å². The van der Waals surface area contributed by atoms with Gasteiger partial charge in [-0.05, 0) is 6.92 Å². The molecule has 0 radical (unpaired) electrons. The molecule has 1 amide bonds. The van der Waals surface area contributed by atoms with E-state index in [1.165, 1.54) is 7.11 Å². The molecule has 1 fully saturated rings. The largest absolute Gasteiger partial charge is 0.396 e. The number of amides is 1. The minimum Gasteiger partial charge on any atom is -0.396 e. The van der Waals surface area contributed by atoms with Crippen molar-refractivity contribution in [3.8, 4) is 0 Å². The quantitative estimate of drug-likeness (QED) is 0.478. The maximum Gasteiger partial charge on any atom is 0.249 e. The fraction of sp³-hybridized carbons (Fsp3) is 0.909. The molecular weight excluding hydrogens is 261 g/mol. The number of carbonyl (C=O) groups excluding carboxylic acids is 1. The third-order valence-corrected chi connectivity index (χ3v) is 3.06. The van der Waals surface area contributed by atoms with E-state index in [0.29, 0.717) is 0 Å². The van der Waals surface area contributed by atoms with E-state index in [9.17, 15) is 19.4 Å². The van der Waals surface area contributed by atoms with Gasteiger partial charge in [-0.25, -0.2) is 4.39 Å². The van der Waals surface area contributed by atoms with E-state index in [4.69, 9.17) is 14.6 Å². The zero-order valence-corrected chi connectivity index (χ0v) is 10.8. The van der Waals surface area contributed by atoms with E-state index in [0.717, 1.165) is 0 Å². The molecule has 19 heavy (non-hydrogen) atoms. The highest BCUT2D eigenvalue weighted by Gasteiger charge is 2.45. The fourth-order valence-corrected chi connectivity index (χ4v) is 1.91. The first-order valence-corrected chi connectivity index (χ1v) is 6.02. The summed E-state index contributed by atoms with van der Waals surface area (Å²) in [4.78, 5) is 11.6. The Morgan fingerprint density at radius 3 is 2.74 bits per heavy atom. The van der Waals surface area contributed by atoms with Crippen LogP contribution in [-0.2, 0) is 14.3 Å². The molecule has 0 unspecified atom stereocenters. The van der Waals surface area contributed by atoms with Gasteiger partial charge in [0.15, 0.2) is 12.5 Å². The van der Waals surface area contributed by atoms with Crippen molar-refractivity contribution in [3.05, 3.63) is 0 Å². The number of ether oxygens (including phenoxy) is 2. The third-order valence-electron chi connectivity index (χ3n) is 3.06. The van der Waals surface area contributed by atoms with Gasteiger partial charge in [0.05, 0.1) is 12.1 Å². The van der Waals surface area contributed by atoms with Gasteiger partial charge < -0.3 is 30.1 Å². The lowest BCUT2D eigenvalue weighted by atomic mass is 9.97. The highest BCUT2D eigenvalue weighted by molar-refractivity contribution is 5.80. The van der Waals surface area contributed by atoms with Crippen molar-refractivity contribution >= 4 is 5.91 Å². The SMILES string of the molecule is CO[C@H]1O[C@H](C)[C@@H](NC(=O)[C@@H](O)CCO)[C@H](O)[C@@H]1F. The summed E-state index contributed by atoms with van der Waals surface area (Å²) >= 11 is 0. The van der Waals surface area contributed by atoms with Crippen LogP contribution in [0.25, 0.3) is 0 Å². The van der Waals surface area contributed by atoms with Crippen molar-refractivity contribution in [1.82, 2.24) is 5.32 Å². The Hall–Kier alpha value is -0.800. The summed E-state index contributed by atoms with van der Waals surface area (Å²) in [5.41, 5.74) is 0. The fourth-order valence-electron chi connectivity index (χ4n) is 1.91. The van der Waals surface area contributed by atoms with Crippen LogP contribution in [0.3, 0.4) is 0 Å². The number of hydrogen-bond donors (Lipinski definition) is 4. The molecule has 6 atom stereocenters. The van der Waals surface area contributed by atoms with Gasteiger partial charge in [-0.3, -0.25) is 4.79 Å². The molecule has 1 aliphatic heterocycles. The van der Waals surface area contributed by atoms with Crippen LogP contribution in [0, 0.1) is 0 Å². The molecule has 0 aromatic rings. The normalized spacial score (nSPS) is 36.8. The molecule has 0 saturated carbocycles. The number of methoxy groups -OCH3 is 1. The Bertz CT molecular complexity index is 305.